The molecule has 0 spiro atoms. The zero-order valence-electron chi connectivity index (χ0n) is 11.0. The predicted octanol–water partition coefficient (Wildman–Crippen LogP) is 5.22. The Morgan fingerprint density at radius 3 is 2.67 bits per heavy atom. The maximum Gasteiger partial charge on any atom is 0.0639 e. The Morgan fingerprint density at radius 1 is 1.33 bits per heavy atom. The van der Waals surface area contributed by atoms with Crippen molar-refractivity contribution in [2.75, 3.05) is 0 Å². The molecule has 0 amide bonds. The van der Waals surface area contributed by atoms with Gasteiger partial charge in [0.25, 0.3) is 0 Å². The van der Waals surface area contributed by atoms with E-state index in [0.717, 1.165) is 11.5 Å². The first kappa shape index (κ1) is 14.2. The molecule has 0 saturated heterocycles. The van der Waals surface area contributed by atoms with Crippen LogP contribution in [0, 0.1) is 5.92 Å². The van der Waals surface area contributed by atoms with Crippen LogP contribution in [0.2, 0.25) is 10.0 Å². The minimum atomic E-state index is 0.250. The summed E-state index contributed by atoms with van der Waals surface area (Å²) in [5.41, 5.74) is 1.10. The summed E-state index contributed by atoms with van der Waals surface area (Å²) in [6, 6.07) is 6.68. The molecule has 1 N–H and O–H groups in total. The molecule has 0 heterocycles. The molecule has 1 saturated carbocycles. The number of hydrogen-bond donors (Lipinski definition) is 1. The minimum absolute atomic E-state index is 0.250. The molecule has 0 bridgehead atoms. The lowest BCUT2D eigenvalue weighted by molar-refractivity contribution is 0.404. The summed E-state index contributed by atoms with van der Waals surface area (Å²) in [4.78, 5) is 0. The SMILES string of the molecule is CCC(CC1CC1)NC(C)c1cccc(Cl)c1Cl. The van der Waals surface area contributed by atoms with Crippen LogP contribution in [0.3, 0.4) is 0 Å². The average Bonchev–Trinajstić information content (AvgIpc) is 3.15. The highest BCUT2D eigenvalue weighted by molar-refractivity contribution is 6.42. The topological polar surface area (TPSA) is 12.0 Å². The molecule has 100 valence electrons. The molecule has 1 aliphatic carbocycles. The van der Waals surface area contributed by atoms with Crippen molar-refractivity contribution in [2.24, 2.45) is 5.92 Å². The average molecular weight is 286 g/mol. The predicted molar refractivity (Wildman–Crippen MR) is 79.4 cm³/mol. The molecule has 3 heteroatoms. The maximum absolute atomic E-state index is 6.26. The van der Waals surface area contributed by atoms with Gasteiger partial charge in [-0.3, -0.25) is 0 Å². The monoisotopic (exact) mass is 285 g/mol. The maximum atomic E-state index is 6.26. The molecule has 2 rings (SSSR count). The fraction of sp³-hybridized carbons (Fsp3) is 0.600. The molecular formula is C15H21Cl2N. The van der Waals surface area contributed by atoms with E-state index in [9.17, 15) is 0 Å². The zero-order valence-corrected chi connectivity index (χ0v) is 12.6. The van der Waals surface area contributed by atoms with Crippen LogP contribution in [0.5, 0.6) is 0 Å². The summed E-state index contributed by atoms with van der Waals surface area (Å²) in [6.45, 7) is 4.40. The Morgan fingerprint density at radius 2 is 2.06 bits per heavy atom. The quantitative estimate of drug-likeness (QED) is 0.755. The number of hydrogen-bond acceptors (Lipinski definition) is 1. The minimum Gasteiger partial charge on any atom is -0.307 e. The van der Waals surface area contributed by atoms with E-state index in [0.29, 0.717) is 16.1 Å². The fourth-order valence-corrected chi connectivity index (χ4v) is 2.88. The molecule has 2 unspecified atom stereocenters. The molecule has 1 nitrogen and oxygen atoms in total. The highest BCUT2D eigenvalue weighted by Gasteiger charge is 2.25. The Balaban J connectivity index is 2.00. The summed E-state index contributed by atoms with van der Waals surface area (Å²) in [5, 5.41) is 5.00. The Bertz CT molecular complexity index is 401. The number of rotatable bonds is 6. The van der Waals surface area contributed by atoms with Crippen LogP contribution in [0.4, 0.5) is 0 Å². The van der Waals surface area contributed by atoms with Crippen LogP contribution >= 0.6 is 23.2 Å². The van der Waals surface area contributed by atoms with Crippen LogP contribution in [-0.2, 0) is 0 Å². The van der Waals surface area contributed by atoms with Crippen molar-refractivity contribution in [1.82, 2.24) is 5.32 Å². The lowest BCUT2D eigenvalue weighted by Gasteiger charge is -2.23. The number of benzene rings is 1. The second-order valence-corrected chi connectivity index (χ2v) is 6.10. The van der Waals surface area contributed by atoms with Crippen LogP contribution in [0.1, 0.15) is 51.1 Å². The lowest BCUT2D eigenvalue weighted by atomic mass is 10.0. The van der Waals surface area contributed by atoms with Crippen molar-refractivity contribution in [1.29, 1.82) is 0 Å². The van der Waals surface area contributed by atoms with Gasteiger partial charge in [0.2, 0.25) is 0 Å². The van der Waals surface area contributed by atoms with E-state index in [1.54, 1.807) is 0 Å². The van der Waals surface area contributed by atoms with Gasteiger partial charge in [0.1, 0.15) is 0 Å². The third-order valence-electron chi connectivity index (χ3n) is 3.74. The van der Waals surface area contributed by atoms with Gasteiger partial charge < -0.3 is 5.32 Å². The van der Waals surface area contributed by atoms with Gasteiger partial charge in [-0.15, -0.1) is 0 Å². The number of halogens is 2. The standard InChI is InChI=1S/C15H21Cl2N/c1-3-12(9-11-7-8-11)18-10(2)13-5-4-6-14(16)15(13)17/h4-6,10-12,18H,3,7-9H2,1-2H3. The lowest BCUT2D eigenvalue weighted by Crippen LogP contribution is -2.31. The Hall–Kier alpha value is -0.240. The first-order valence-electron chi connectivity index (χ1n) is 6.81. The van der Waals surface area contributed by atoms with E-state index in [1.807, 2.05) is 12.1 Å². The first-order valence-corrected chi connectivity index (χ1v) is 7.57. The van der Waals surface area contributed by atoms with E-state index >= 15 is 0 Å². The largest absolute Gasteiger partial charge is 0.307 e. The molecular weight excluding hydrogens is 265 g/mol. The van der Waals surface area contributed by atoms with Gasteiger partial charge in [0.15, 0.2) is 0 Å². The highest BCUT2D eigenvalue weighted by atomic mass is 35.5. The molecule has 0 aliphatic heterocycles. The molecule has 1 aliphatic rings. The zero-order chi connectivity index (χ0) is 13.1. The smallest absolute Gasteiger partial charge is 0.0639 e. The van der Waals surface area contributed by atoms with Gasteiger partial charge >= 0.3 is 0 Å². The van der Waals surface area contributed by atoms with E-state index in [2.05, 4.69) is 25.2 Å². The summed E-state index contributed by atoms with van der Waals surface area (Å²) in [7, 11) is 0. The molecule has 1 aromatic carbocycles. The van der Waals surface area contributed by atoms with Crippen LogP contribution in [0.25, 0.3) is 0 Å². The van der Waals surface area contributed by atoms with Gasteiger partial charge in [-0.2, -0.15) is 0 Å². The van der Waals surface area contributed by atoms with E-state index in [-0.39, 0.29) is 6.04 Å². The van der Waals surface area contributed by atoms with Crippen LogP contribution in [0.15, 0.2) is 18.2 Å². The second-order valence-electron chi connectivity index (χ2n) is 5.32. The first-order chi connectivity index (χ1) is 8.61. The van der Waals surface area contributed by atoms with Gasteiger partial charge in [0, 0.05) is 12.1 Å². The van der Waals surface area contributed by atoms with Crippen molar-refractivity contribution >= 4 is 23.2 Å². The Labute approximate surface area is 120 Å². The van der Waals surface area contributed by atoms with Gasteiger partial charge in [-0.05, 0) is 37.3 Å². The third-order valence-corrected chi connectivity index (χ3v) is 4.57. The third kappa shape index (κ3) is 3.63. The summed E-state index contributed by atoms with van der Waals surface area (Å²) in [5.74, 6) is 0.949. The molecule has 0 radical (unpaired) electrons. The molecule has 0 aromatic heterocycles. The second kappa shape index (κ2) is 6.27. The fourth-order valence-electron chi connectivity index (χ4n) is 2.41. The Kier molecular flexibility index (Phi) is 4.94. The van der Waals surface area contributed by atoms with Crippen molar-refractivity contribution in [3.8, 4) is 0 Å². The van der Waals surface area contributed by atoms with Crippen molar-refractivity contribution in [3.05, 3.63) is 33.8 Å². The molecule has 18 heavy (non-hydrogen) atoms. The van der Waals surface area contributed by atoms with Crippen LogP contribution < -0.4 is 5.32 Å². The van der Waals surface area contributed by atoms with Gasteiger partial charge in [0.05, 0.1) is 10.0 Å². The summed E-state index contributed by atoms with van der Waals surface area (Å²) < 4.78 is 0. The molecule has 2 atom stereocenters. The van der Waals surface area contributed by atoms with E-state index < -0.39 is 0 Å². The van der Waals surface area contributed by atoms with Gasteiger partial charge in [-0.1, -0.05) is 55.1 Å². The normalized spacial score (nSPS) is 18.7. The summed E-state index contributed by atoms with van der Waals surface area (Å²) in [6.07, 6.45) is 5.27. The highest BCUT2D eigenvalue weighted by Crippen LogP contribution is 2.35. The summed E-state index contributed by atoms with van der Waals surface area (Å²) >= 11 is 12.3. The van der Waals surface area contributed by atoms with E-state index in [4.69, 9.17) is 23.2 Å². The number of nitrogens with one attached hydrogen (secondary N) is 1. The van der Waals surface area contributed by atoms with Gasteiger partial charge in [-0.25, -0.2) is 0 Å². The van der Waals surface area contributed by atoms with E-state index in [1.165, 1.54) is 25.7 Å². The van der Waals surface area contributed by atoms with Crippen molar-refractivity contribution < 1.29 is 0 Å². The van der Waals surface area contributed by atoms with Crippen molar-refractivity contribution in [2.45, 2.75) is 51.6 Å². The molecule has 1 fully saturated rings. The van der Waals surface area contributed by atoms with Crippen molar-refractivity contribution in [3.63, 3.8) is 0 Å². The van der Waals surface area contributed by atoms with Crippen LogP contribution in [-0.4, -0.2) is 6.04 Å². The molecule has 1 aromatic rings.